The molecule has 2 rings (SSSR count). The number of carbonyl (C=O) groups is 1. The second-order valence-electron chi connectivity index (χ2n) is 4.73. The third-order valence-electron chi connectivity index (χ3n) is 3.41. The molecule has 20 heavy (non-hydrogen) atoms. The van der Waals surface area contributed by atoms with Crippen LogP contribution in [0.4, 0.5) is 14.5 Å². The van der Waals surface area contributed by atoms with Gasteiger partial charge in [0.1, 0.15) is 5.60 Å². The number of hydrogen-bond acceptors (Lipinski definition) is 4. The number of hydrogen-bond donors (Lipinski definition) is 2. The second-order valence-corrected chi connectivity index (χ2v) is 4.73. The number of nitrogens with two attached hydrogens (primary N) is 1. The summed E-state index contributed by atoms with van der Waals surface area (Å²) in [4.78, 5) is 12.0. The van der Waals surface area contributed by atoms with E-state index in [0.29, 0.717) is 19.6 Å². The van der Waals surface area contributed by atoms with Crippen LogP contribution in [0.15, 0.2) is 12.1 Å². The highest BCUT2D eigenvalue weighted by molar-refractivity contribution is 5.99. The van der Waals surface area contributed by atoms with Gasteiger partial charge in [0.25, 0.3) is 5.91 Å². The van der Waals surface area contributed by atoms with E-state index in [2.05, 4.69) is 5.32 Å². The molecule has 1 aliphatic rings. The highest BCUT2D eigenvalue weighted by Gasteiger charge is 2.35. The van der Waals surface area contributed by atoms with Gasteiger partial charge >= 0.3 is 0 Å². The van der Waals surface area contributed by atoms with Crippen LogP contribution in [0.2, 0.25) is 0 Å². The molecule has 0 radical (unpaired) electrons. The smallest absolute Gasteiger partial charge is 0.253 e. The van der Waals surface area contributed by atoms with Crippen molar-refractivity contribution in [1.29, 1.82) is 0 Å². The van der Waals surface area contributed by atoms with Gasteiger partial charge in [0, 0.05) is 38.4 Å². The summed E-state index contributed by atoms with van der Waals surface area (Å²) in [6.45, 7) is 1.13. The van der Waals surface area contributed by atoms with Gasteiger partial charge in [-0.1, -0.05) is 0 Å². The van der Waals surface area contributed by atoms with E-state index in [1.54, 1.807) is 0 Å². The summed E-state index contributed by atoms with van der Waals surface area (Å²) in [5.74, 6) is -2.78. The van der Waals surface area contributed by atoms with Gasteiger partial charge in [0.2, 0.25) is 0 Å². The zero-order valence-electron chi connectivity index (χ0n) is 11.0. The Hall–Kier alpha value is -1.73. The minimum absolute atomic E-state index is 0.103. The molecule has 0 aliphatic carbocycles. The van der Waals surface area contributed by atoms with Crippen molar-refractivity contribution < 1.29 is 23.0 Å². The molecule has 1 aromatic carbocycles. The number of halogens is 2. The lowest BCUT2D eigenvalue weighted by Crippen LogP contribution is -2.45. The number of amides is 1. The standard InChI is InChI=1S/C13H16F2N2O3/c1-19-13(2-3-20-7-13)6-17-12(18)8-4-9(14)10(15)5-11(8)16/h4-5H,2-3,6-7,16H2,1H3,(H,17,18). The van der Waals surface area contributed by atoms with E-state index in [1.165, 1.54) is 7.11 Å². The lowest BCUT2D eigenvalue weighted by molar-refractivity contribution is -0.0148. The van der Waals surface area contributed by atoms with Crippen molar-refractivity contribution in [2.24, 2.45) is 0 Å². The molecule has 1 unspecified atom stereocenters. The van der Waals surface area contributed by atoms with Crippen LogP contribution in [0, 0.1) is 11.6 Å². The Bertz CT molecular complexity index is 517. The van der Waals surface area contributed by atoms with Gasteiger partial charge in [0.15, 0.2) is 11.6 Å². The van der Waals surface area contributed by atoms with E-state index in [-0.39, 0.29) is 17.8 Å². The Morgan fingerprint density at radius 3 is 2.80 bits per heavy atom. The van der Waals surface area contributed by atoms with Crippen LogP contribution in [0.3, 0.4) is 0 Å². The van der Waals surface area contributed by atoms with E-state index >= 15 is 0 Å². The van der Waals surface area contributed by atoms with Crippen LogP contribution in [0.5, 0.6) is 0 Å². The molecular weight excluding hydrogens is 270 g/mol. The average molecular weight is 286 g/mol. The Labute approximate surface area is 115 Å². The van der Waals surface area contributed by atoms with E-state index in [9.17, 15) is 13.6 Å². The lowest BCUT2D eigenvalue weighted by Gasteiger charge is -2.26. The molecule has 1 fully saturated rings. The molecular formula is C13H16F2N2O3. The van der Waals surface area contributed by atoms with E-state index < -0.39 is 23.1 Å². The van der Waals surface area contributed by atoms with Crippen molar-refractivity contribution >= 4 is 11.6 Å². The predicted molar refractivity (Wildman–Crippen MR) is 68.3 cm³/mol. The number of ether oxygens (including phenoxy) is 2. The minimum Gasteiger partial charge on any atom is -0.398 e. The summed E-state index contributed by atoms with van der Waals surface area (Å²) >= 11 is 0. The summed E-state index contributed by atoms with van der Waals surface area (Å²) in [5.41, 5.74) is 4.72. The molecule has 1 amide bonds. The van der Waals surface area contributed by atoms with Crippen LogP contribution in [-0.4, -0.2) is 38.4 Å². The third-order valence-corrected chi connectivity index (χ3v) is 3.41. The normalized spacial score (nSPS) is 21.9. The number of carbonyl (C=O) groups excluding carboxylic acids is 1. The van der Waals surface area contributed by atoms with E-state index in [4.69, 9.17) is 15.2 Å². The van der Waals surface area contributed by atoms with Crippen molar-refractivity contribution in [3.05, 3.63) is 29.3 Å². The Morgan fingerprint density at radius 2 is 2.20 bits per heavy atom. The number of anilines is 1. The molecule has 1 saturated heterocycles. The van der Waals surface area contributed by atoms with Crippen molar-refractivity contribution in [2.75, 3.05) is 32.6 Å². The van der Waals surface area contributed by atoms with Crippen LogP contribution in [0.1, 0.15) is 16.8 Å². The Balaban J connectivity index is 2.07. The molecule has 110 valence electrons. The van der Waals surface area contributed by atoms with Crippen LogP contribution < -0.4 is 11.1 Å². The fourth-order valence-electron chi connectivity index (χ4n) is 2.06. The van der Waals surface area contributed by atoms with E-state index in [1.807, 2.05) is 0 Å². The quantitative estimate of drug-likeness (QED) is 0.812. The summed E-state index contributed by atoms with van der Waals surface area (Å²) in [5, 5.41) is 2.61. The summed E-state index contributed by atoms with van der Waals surface area (Å²) in [6, 6.07) is 1.57. The van der Waals surface area contributed by atoms with Gasteiger partial charge in [0.05, 0.1) is 12.2 Å². The molecule has 0 bridgehead atoms. The first-order valence-corrected chi connectivity index (χ1v) is 6.13. The number of benzene rings is 1. The SMILES string of the molecule is COC1(CNC(=O)c2cc(F)c(F)cc2N)CCOC1. The zero-order valence-corrected chi connectivity index (χ0v) is 11.0. The highest BCUT2D eigenvalue weighted by atomic mass is 19.2. The highest BCUT2D eigenvalue weighted by Crippen LogP contribution is 2.22. The van der Waals surface area contributed by atoms with Gasteiger partial charge in [-0.25, -0.2) is 8.78 Å². The third kappa shape index (κ3) is 2.88. The summed E-state index contributed by atoms with van der Waals surface area (Å²) in [6.07, 6.45) is 0.650. The number of nitrogens with one attached hydrogen (secondary N) is 1. The first kappa shape index (κ1) is 14.7. The predicted octanol–water partition coefficient (Wildman–Crippen LogP) is 1.08. The number of nitrogen functional groups attached to an aromatic ring is 1. The van der Waals surface area contributed by atoms with Crippen molar-refractivity contribution in [1.82, 2.24) is 5.32 Å². The maximum Gasteiger partial charge on any atom is 0.253 e. The maximum absolute atomic E-state index is 13.1. The molecule has 3 N–H and O–H groups in total. The van der Waals surface area contributed by atoms with Gasteiger partial charge in [-0.15, -0.1) is 0 Å². The molecule has 5 nitrogen and oxygen atoms in total. The molecule has 1 atom stereocenters. The number of rotatable bonds is 4. The van der Waals surface area contributed by atoms with Crippen molar-refractivity contribution in [3.63, 3.8) is 0 Å². The summed E-state index contributed by atoms with van der Waals surface area (Å²) in [7, 11) is 1.53. The van der Waals surface area contributed by atoms with Crippen LogP contribution in [0.25, 0.3) is 0 Å². The number of methoxy groups -OCH3 is 1. The molecule has 1 aromatic rings. The topological polar surface area (TPSA) is 73.6 Å². The minimum atomic E-state index is -1.12. The first-order chi connectivity index (χ1) is 9.47. The fourth-order valence-corrected chi connectivity index (χ4v) is 2.06. The first-order valence-electron chi connectivity index (χ1n) is 6.13. The van der Waals surface area contributed by atoms with Gasteiger partial charge in [-0.2, -0.15) is 0 Å². The Morgan fingerprint density at radius 1 is 1.50 bits per heavy atom. The van der Waals surface area contributed by atoms with Crippen molar-refractivity contribution in [2.45, 2.75) is 12.0 Å². The van der Waals surface area contributed by atoms with Crippen LogP contribution in [-0.2, 0) is 9.47 Å². The largest absolute Gasteiger partial charge is 0.398 e. The van der Waals surface area contributed by atoms with Gasteiger partial charge < -0.3 is 20.5 Å². The fraction of sp³-hybridized carbons (Fsp3) is 0.462. The maximum atomic E-state index is 13.1. The Kier molecular flexibility index (Phi) is 4.20. The average Bonchev–Trinajstić information content (AvgIpc) is 2.90. The van der Waals surface area contributed by atoms with Gasteiger partial charge in [-0.05, 0) is 6.07 Å². The van der Waals surface area contributed by atoms with Crippen LogP contribution >= 0.6 is 0 Å². The molecule has 1 heterocycles. The second kappa shape index (κ2) is 5.72. The van der Waals surface area contributed by atoms with Crippen molar-refractivity contribution in [3.8, 4) is 0 Å². The molecule has 0 spiro atoms. The molecule has 1 aliphatic heterocycles. The molecule has 0 aromatic heterocycles. The van der Waals surface area contributed by atoms with Gasteiger partial charge in [-0.3, -0.25) is 4.79 Å². The van der Waals surface area contributed by atoms with E-state index in [0.717, 1.165) is 12.1 Å². The summed E-state index contributed by atoms with van der Waals surface area (Å²) < 4.78 is 36.7. The lowest BCUT2D eigenvalue weighted by atomic mass is 10.0. The zero-order chi connectivity index (χ0) is 14.8. The monoisotopic (exact) mass is 286 g/mol. The molecule has 0 saturated carbocycles. The molecule has 7 heteroatoms.